The largest absolute Gasteiger partial charge is 0.475 e. The third-order valence-electron chi connectivity index (χ3n) is 3.91. The van der Waals surface area contributed by atoms with Crippen molar-refractivity contribution in [2.45, 2.75) is 50.3 Å². The van der Waals surface area contributed by atoms with Gasteiger partial charge in [0.25, 0.3) is 5.91 Å². The van der Waals surface area contributed by atoms with Crippen molar-refractivity contribution in [2.75, 3.05) is 0 Å². The van der Waals surface area contributed by atoms with E-state index in [2.05, 4.69) is 15.0 Å². The van der Waals surface area contributed by atoms with Crippen LogP contribution in [0.5, 0.6) is 5.88 Å². The molecule has 0 unspecified atom stereocenters. The zero-order valence-corrected chi connectivity index (χ0v) is 16.1. The average molecular weight is 389 g/mol. The van der Waals surface area contributed by atoms with Gasteiger partial charge in [-0.1, -0.05) is 12.1 Å². The number of hydrogen-bond acceptors (Lipinski definition) is 5. The zero-order valence-electron chi connectivity index (χ0n) is 15.3. The van der Waals surface area contributed by atoms with Gasteiger partial charge in [-0.25, -0.2) is 18.1 Å². The van der Waals surface area contributed by atoms with Crippen molar-refractivity contribution in [1.29, 1.82) is 0 Å². The van der Waals surface area contributed by atoms with Crippen LogP contribution in [-0.4, -0.2) is 31.5 Å². The first-order valence-electron chi connectivity index (χ1n) is 8.86. The molecule has 3 rings (SSSR count). The maximum atomic E-state index is 12.4. The van der Waals surface area contributed by atoms with E-state index in [1.807, 2.05) is 19.9 Å². The highest BCUT2D eigenvalue weighted by atomic mass is 32.2. The first-order valence-corrected chi connectivity index (χ1v) is 10.3. The van der Waals surface area contributed by atoms with E-state index in [1.54, 1.807) is 24.4 Å². The first-order chi connectivity index (χ1) is 12.8. The van der Waals surface area contributed by atoms with Gasteiger partial charge in [0.2, 0.25) is 15.9 Å². The van der Waals surface area contributed by atoms with Gasteiger partial charge in [0.05, 0.1) is 11.0 Å². The summed E-state index contributed by atoms with van der Waals surface area (Å²) in [6, 6.07) is 9.61. The maximum absolute atomic E-state index is 12.4. The van der Waals surface area contributed by atoms with E-state index in [9.17, 15) is 13.2 Å². The number of sulfonamides is 1. The van der Waals surface area contributed by atoms with E-state index in [0.717, 1.165) is 18.4 Å². The average Bonchev–Trinajstić information content (AvgIpc) is 3.44. The Kier molecular flexibility index (Phi) is 5.76. The van der Waals surface area contributed by atoms with Crippen LogP contribution in [0.25, 0.3) is 0 Å². The van der Waals surface area contributed by atoms with Gasteiger partial charge in [-0.3, -0.25) is 4.79 Å². The summed E-state index contributed by atoms with van der Waals surface area (Å²) in [5.74, 6) is 0.183. The summed E-state index contributed by atoms with van der Waals surface area (Å²) in [6.45, 7) is 4.12. The van der Waals surface area contributed by atoms with Crippen LogP contribution in [0.3, 0.4) is 0 Å². The fourth-order valence-electron chi connectivity index (χ4n) is 2.40. The zero-order chi connectivity index (χ0) is 19.4. The summed E-state index contributed by atoms with van der Waals surface area (Å²) in [5, 5.41) is 2.77. The number of carbonyl (C=O) groups is 1. The Labute approximate surface area is 159 Å². The number of ether oxygens (including phenoxy) is 1. The van der Waals surface area contributed by atoms with E-state index >= 15 is 0 Å². The Morgan fingerprint density at radius 1 is 1.26 bits per heavy atom. The van der Waals surface area contributed by atoms with Crippen LogP contribution in [-0.2, 0) is 16.6 Å². The van der Waals surface area contributed by atoms with Crippen molar-refractivity contribution < 1.29 is 17.9 Å². The topological polar surface area (TPSA) is 97.4 Å². The maximum Gasteiger partial charge on any atom is 0.251 e. The van der Waals surface area contributed by atoms with Gasteiger partial charge < -0.3 is 10.1 Å². The molecule has 1 aromatic carbocycles. The molecular weight excluding hydrogens is 366 g/mol. The summed E-state index contributed by atoms with van der Waals surface area (Å²) in [7, 11) is -3.59. The van der Waals surface area contributed by atoms with Gasteiger partial charge in [-0.2, -0.15) is 0 Å². The molecule has 1 saturated carbocycles. The fraction of sp³-hybridized carbons (Fsp3) is 0.368. The van der Waals surface area contributed by atoms with Crippen molar-refractivity contribution in [3.63, 3.8) is 0 Å². The van der Waals surface area contributed by atoms with Crippen LogP contribution in [0.4, 0.5) is 0 Å². The van der Waals surface area contributed by atoms with E-state index in [0.29, 0.717) is 11.4 Å². The van der Waals surface area contributed by atoms with Gasteiger partial charge >= 0.3 is 0 Å². The van der Waals surface area contributed by atoms with Crippen LogP contribution in [0.15, 0.2) is 47.5 Å². The van der Waals surface area contributed by atoms with Crippen LogP contribution in [0.1, 0.15) is 42.6 Å². The standard InChI is InChI=1S/C19H23N3O4S/c1-13(2)26-18-9-6-14(11-20-18)12-21-19(23)15-4-3-5-17(10-15)27(24,25)22-16-7-8-16/h3-6,9-11,13,16,22H,7-8,12H2,1-2H3,(H,21,23). The highest BCUT2D eigenvalue weighted by Crippen LogP contribution is 2.22. The minimum Gasteiger partial charge on any atom is -0.475 e. The monoisotopic (exact) mass is 389 g/mol. The summed E-state index contributed by atoms with van der Waals surface area (Å²) in [4.78, 5) is 16.7. The molecule has 1 heterocycles. The van der Waals surface area contributed by atoms with E-state index in [-0.39, 0.29) is 29.5 Å². The van der Waals surface area contributed by atoms with Crippen LogP contribution in [0.2, 0.25) is 0 Å². The van der Waals surface area contributed by atoms with Crippen LogP contribution < -0.4 is 14.8 Å². The second kappa shape index (κ2) is 8.06. The number of rotatable bonds is 8. The molecule has 2 N–H and O–H groups in total. The SMILES string of the molecule is CC(C)Oc1ccc(CNC(=O)c2cccc(S(=O)(=O)NC3CC3)c2)cn1. The van der Waals surface area contributed by atoms with Crippen LogP contribution >= 0.6 is 0 Å². The molecule has 1 fully saturated rings. The van der Waals surface area contributed by atoms with E-state index in [1.165, 1.54) is 12.1 Å². The number of benzene rings is 1. The Balaban J connectivity index is 1.61. The lowest BCUT2D eigenvalue weighted by atomic mass is 10.2. The van der Waals surface area contributed by atoms with E-state index in [4.69, 9.17) is 4.74 Å². The molecule has 1 aromatic heterocycles. The Bertz CT molecular complexity index is 907. The summed E-state index contributed by atoms with van der Waals surface area (Å²) in [6.07, 6.45) is 3.39. The lowest BCUT2D eigenvalue weighted by molar-refractivity contribution is 0.0950. The predicted molar refractivity (Wildman–Crippen MR) is 101 cm³/mol. The molecule has 27 heavy (non-hydrogen) atoms. The molecule has 1 aliphatic rings. The van der Waals surface area contributed by atoms with Crippen molar-refractivity contribution in [2.24, 2.45) is 0 Å². The first kappa shape index (κ1) is 19.3. The smallest absolute Gasteiger partial charge is 0.251 e. The molecule has 7 nitrogen and oxygen atoms in total. The molecule has 0 aliphatic heterocycles. The number of aromatic nitrogens is 1. The molecule has 144 valence electrons. The molecule has 0 bridgehead atoms. The number of nitrogens with one attached hydrogen (secondary N) is 2. The molecule has 2 aromatic rings. The lowest BCUT2D eigenvalue weighted by Crippen LogP contribution is -2.27. The highest BCUT2D eigenvalue weighted by molar-refractivity contribution is 7.89. The molecule has 8 heteroatoms. The lowest BCUT2D eigenvalue weighted by Gasteiger charge is -2.10. The molecular formula is C19H23N3O4S. The van der Waals surface area contributed by atoms with Crippen molar-refractivity contribution >= 4 is 15.9 Å². The normalized spacial score (nSPS) is 14.2. The Morgan fingerprint density at radius 2 is 2.04 bits per heavy atom. The predicted octanol–water partition coefficient (Wildman–Crippen LogP) is 2.24. The molecule has 0 radical (unpaired) electrons. The minimum atomic E-state index is -3.59. The third-order valence-corrected chi connectivity index (χ3v) is 5.43. The van der Waals surface area contributed by atoms with Crippen molar-refractivity contribution in [3.8, 4) is 5.88 Å². The van der Waals surface area contributed by atoms with Gasteiger partial charge in [-0.05, 0) is 50.5 Å². The van der Waals surface area contributed by atoms with Gasteiger partial charge in [-0.15, -0.1) is 0 Å². The summed E-state index contributed by atoms with van der Waals surface area (Å²) in [5.41, 5.74) is 1.11. The van der Waals surface area contributed by atoms with Gasteiger partial charge in [0.1, 0.15) is 0 Å². The molecule has 1 aliphatic carbocycles. The molecule has 0 saturated heterocycles. The molecule has 0 spiro atoms. The number of pyridine rings is 1. The Morgan fingerprint density at radius 3 is 2.67 bits per heavy atom. The minimum absolute atomic E-state index is 0.0163. The number of nitrogens with zero attached hydrogens (tertiary/aromatic N) is 1. The van der Waals surface area contributed by atoms with Gasteiger partial charge in [0.15, 0.2) is 0 Å². The molecule has 1 amide bonds. The second-order valence-electron chi connectivity index (χ2n) is 6.78. The number of hydrogen-bond donors (Lipinski definition) is 2. The highest BCUT2D eigenvalue weighted by Gasteiger charge is 2.28. The fourth-order valence-corrected chi connectivity index (χ4v) is 3.75. The molecule has 0 atom stereocenters. The van der Waals surface area contributed by atoms with E-state index < -0.39 is 10.0 Å². The summed E-state index contributed by atoms with van der Waals surface area (Å²) < 4.78 is 32.7. The third kappa shape index (κ3) is 5.51. The van der Waals surface area contributed by atoms with Crippen LogP contribution in [0, 0.1) is 0 Å². The number of amides is 1. The van der Waals surface area contributed by atoms with Crippen molar-refractivity contribution in [1.82, 2.24) is 15.0 Å². The second-order valence-corrected chi connectivity index (χ2v) is 8.49. The van der Waals surface area contributed by atoms with Gasteiger partial charge in [0, 0.05) is 30.4 Å². The quantitative estimate of drug-likeness (QED) is 0.722. The summed E-state index contributed by atoms with van der Waals surface area (Å²) >= 11 is 0. The number of carbonyl (C=O) groups excluding carboxylic acids is 1. The van der Waals surface area contributed by atoms with Crippen molar-refractivity contribution in [3.05, 3.63) is 53.7 Å². The Hall–Kier alpha value is -2.45.